The van der Waals surface area contributed by atoms with E-state index in [1.165, 1.54) is 10.6 Å². The van der Waals surface area contributed by atoms with Gasteiger partial charge < -0.3 is 0 Å². The van der Waals surface area contributed by atoms with Gasteiger partial charge >= 0.3 is 6.18 Å². The van der Waals surface area contributed by atoms with E-state index in [-0.39, 0.29) is 23.0 Å². The van der Waals surface area contributed by atoms with Gasteiger partial charge in [-0.25, -0.2) is 9.97 Å². The largest absolute Gasteiger partial charge is 0.433 e. The number of benzene rings is 1. The van der Waals surface area contributed by atoms with Crippen molar-refractivity contribution in [3.8, 4) is 0 Å². The predicted octanol–water partition coefficient (Wildman–Crippen LogP) is 4.60. The van der Waals surface area contributed by atoms with Crippen molar-refractivity contribution < 1.29 is 18.0 Å². The van der Waals surface area contributed by atoms with Crippen LogP contribution in [0.1, 0.15) is 24.1 Å². The fourth-order valence-electron chi connectivity index (χ4n) is 2.89. The third kappa shape index (κ3) is 3.17. The second-order valence-electron chi connectivity index (χ2n) is 6.38. The Hall–Kier alpha value is -3.42. The fraction of sp³-hybridized carbons (Fsp3) is 0.150. The first kappa shape index (κ1) is 18.0. The van der Waals surface area contributed by atoms with Crippen LogP contribution in [0.25, 0.3) is 16.9 Å². The Balaban J connectivity index is 1.73. The van der Waals surface area contributed by atoms with Crippen molar-refractivity contribution >= 4 is 28.7 Å². The number of hydrogen-bond acceptors (Lipinski definition) is 3. The lowest BCUT2D eigenvalue weighted by Gasteiger charge is -2.16. The lowest BCUT2D eigenvalue weighted by Crippen LogP contribution is -2.21. The van der Waals surface area contributed by atoms with Crippen LogP contribution >= 0.6 is 0 Å². The number of rotatable bonds is 4. The first-order chi connectivity index (χ1) is 13.3. The summed E-state index contributed by atoms with van der Waals surface area (Å²) in [6, 6.07) is 11.3. The van der Waals surface area contributed by atoms with Crippen LogP contribution in [0.2, 0.25) is 0 Å². The first-order valence-corrected chi connectivity index (χ1v) is 8.56. The number of alkyl halides is 3. The van der Waals surface area contributed by atoms with E-state index in [2.05, 4.69) is 15.3 Å². The molecule has 142 valence electrons. The molecule has 2 heterocycles. The van der Waals surface area contributed by atoms with Gasteiger partial charge in [-0.2, -0.15) is 13.2 Å². The summed E-state index contributed by atoms with van der Waals surface area (Å²) in [6.45, 7) is 1.75. The van der Waals surface area contributed by atoms with Crippen molar-refractivity contribution in [1.82, 2.24) is 14.5 Å². The Morgan fingerprint density at radius 3 is 2.43 bits per heavy atom. The number of halogens is 3. The molecule has 0 bridgehead atoms. The highest BCUT2D eigenvalue weighted by atomic mass is 19.4. The van der Waals surface area contributed by atoms with Crippen LogP contribution in [-0.4, -0.2) is 20.4 Å². The van der Waals surface area contributed by atoms with Crippen LogP contribution in [-0.2, 0) is 11.0 Å². The van der Waals surface area contributed by atoms with E-state index < -0.39 is 17.8 Å². The third-order valence-corrected chi connectivity index (χ3v) is 4.51. The summed E-state index contributed by atoms with van der Waals surface area (Å²) >= 11 is 0. The van der Waals surface area contributed by atoms with Crippen LogP contribution < -0.4 is 5.32 Å². The highest BCUT2D eigenvalue weighted by molar-refractivity contribution is 5.97. The average molecular weight is 384 g/mol. The van der Waals surface area contributed by atoms with Gasteiger partial charge in [-0.3, -0.25) is 14.7 Å². The van der Waals surface area contributed by atoms with E-state index in [9.17, 15) is 18.0 Å². The summed E-state index contributed by atoms with van der Waals surface area (Å²) in [5.41, 5.74) is 0.699. The number of aromatic nitrogens is 3. The Kier molecular flexibility index (Phi) is 4.26. The molecule has 1 atom stereocenters. The Morgan fingerprint density at radius 2 is 1.82 bits per heavy atom. The van der Waals surface area contributed by atoms with Gasteiger partial charge in [0.2, 0.25) is 11.9 Å². The average Bonchev–Trinajstić information content (AvgIpc) is 2.97. The van der Waals surface area contributed by atoms with Crippen molar-refractivity contribution in [2.45, 2.75) is 19.0 Å². The van der Waals surface area contributed by atoms with Crippen LogP contribution in [0.5, 0.6) is 0 Å². The number of carbonyl (C=O) groups excluding carboxylic acids is 1. The number of nitrogens with one attached hydrogen (secondary N) is 1. The summed E-state index contributed by atoms with van der Waals surface area (Å²) in [5.74, 6) is -0.646. The van der Waals surface area contributed by atoms with Gasteiger partial charge in [0, 0.05) is 0 Å². The Labute approximate surface area is 158 Å². The summed E-state index contributed by atoms with van der Waals surface area (Å²) in [5, 5.41) is 2.72. The molecule has 0 spiro atoms. The number of allylic oxidation sites excluding steroid dienone is 4. The molecule has 1 N–H and O–H groups in total. The Morgan fingerprint density at radius 1 is 1.11 bits per heavy atom. The summed E-state index contributed by atoms with van der Waals surface area (Å²) in [4.78, 5) is 20.7. The van der Waals surface area contributed by atoms with Crippen molar-refractivity contribution in [1.29, 1.82) is 0 Å². The van der Waals surface area contributed by atoms with Gasteiger partial charge in [0.15, 0.2) is 5.65 Å². The molecule has 5 nitrogen and oxygen atoms in total. The monoisotopic (exact) mass is 384 g/mol. The molecule has 0 saturated carbocycles. The minimum Gasteiger partial charge on any atom is -0.295 e. The number of nitrogens with zero attached hydrogens (tertiary/aromatic N) is 3. The second kappa shape index (κ2) is 6.63. The molecule has 1 aliphatic rings. The van der Waals surface area contributed by atoms with E-state index in [0.717, 1.165) is 11.6 Å². The van der Waals surface area contributed by atoms with Crippen molar-refractivity contribution in [2.24, 2.45) is 0 Å². The van der Waals surface area contributed by atoms with E-state index in [4.69, 9.17) is 0 Å². The molecule has 1 aromatic carbocycles. The molecule has 1 amide bonds. The molecule has 1 aliphatic carbocycles. The fourth-order valence-corrected chi connectivity index (χ4v) is 2.89. The van der Waals surface area contributed by atoms with Crippen molar-refractivity contribution in [3.05, 3.63) is 72.0 Å². The highest BCUT2D eigenvalue weighted by Crippen LogP contribution is 2.32. The van der Waals surface area contributed by atoms with E-state index in [0.29, 0.717) is 5.70 Å². The number of fused-ring (bicyclic) bond motifs is 1. The second-order valence-corrected chi connectivity index (χ2v) is 6.38. The SMILES string of the molecule is CC(C(=O)Nc1nc2ccc(C(F)(F)F)nc2n1C1=CC=C1)c1ccccc1. The number of anilines is 1. The van der Waals surface area contributed by atoms with Gasteiger partial charge in [-0.05, 0) is 36.8 Å². The van der Waals surface area contributed by atoms with Crippen LogP contribution in [0, 0.1) is 0 Å². The molecular formula is C20H15F3N4O. The summed E-state index contributed by atoms with van der Waals surface area (Å²) < 4.78 is 40.6. The molecule has 0 fully saturated rings. The number of amides is 1. The molecule has 2 aromatic heterocycles. The normalized spacial score (nSPS) is 14.5. The minimum atomic E-state index is -4.57. The van der Waals surface area contributed by atoms with Crippen LogP contribution in [0.3, 0.4) is 0 Å². The van der Waals surface area contributed by atoms with E-state index in [1.54, 1.807) is 25.2 Å². The standard InChI is InChI=1S/C20H15F3N4O/c1-12(13-6-3-2-4-7-13)18(28)26-19-24-15-10-11-16(20(21,22)23)25-17(15)27(19)14-8-5-9-14/h2-12H,1H3,(H,24,26,28). The number of carbonyl (C=O) groups is 1. The molecule has 8 heteroatoms. The van der Waals surface area contributed by atoms with Gasteiger partial charge in [-0.1, -0.05) is 36.4 Å². The van der Waals surface area contributed by atoms with Crippen molar-refractivity contribution in [3.63, 3.8) is 0 Å². The first-order valence-electron chi connectivity index (χ1n) is 8.56. The lowest BCUT2D eigenvalue weighted by atomic mass is 10.0. The molecule has 0 aliphatic heterocycles. The smallest absolute Gasteiger partial charge is 0.295 e. The van der Waals surface area contributed by atoms with E-state index >= 15 is 0 Å². The highest BCUT2D eigenvalue weighted by Gasteiger charge is 2.33. The molecule has 1 unspecified atom stereocenters. The summed E-state index contributed by atoms with van der Waals surface area (Å²) in [6.07, 6.45) is 0.587. The number of imidazole rings is 1. The van der Waals surface area contributed by atoms with Crippen molar-refractivity contribution in [2.75, 3.05) is 5.32 Å². The lowest BCUT2D eigenvalue weighted by molar-refractivity contribution is -0.141. The zero-order chi connectivity index (χ0) is 19.9. The topological polar surface area (TPSA) is 59.8 Å². The maximum atomic E-state index is 13.1. The third-order valence-electron chi connectivity index (χ3n) is 4.51. The molecule has 0 saturated heterocycles. The van der Waals surface area contributed by atoms with Gasteiger partial charge in [-0.15, -0.1) is 0 Å². The minimum absolute atomic E-state index is 0.0353. The summed E-state index contributed by atoms with van der Waals surface area (Å²) in [7, 11) is 0. The Bertz CT molecular complexity index is 1110. The van der Waals surface area contributed by atoms with Crippen LogP contribution in [0.4, 0.5) is 19.1 Å². The predicted molar refractivity (Wildman–Crippen MR) is 99.4 cm³/mol. The molecular weight excluding hydrogens is 369 g/mol. The maximum absolute atomic E-state index is 13.1. The van der Waals surface area contributed by atoms with Gasteiger partial charge in [0.1, 0.15) is 11.2 Å². The van der Waals surface area contributed by atoms with Gasteiger partial charge in [0.25, 0.3) is 0 Å². The quantitative estimate of drug-likeness (QED) is 0.715. The zero-order valence-corrected chi connectivity index (χ0v) is 14.7. The number of hydrogen-bond donors (Lipinski definition) is 1. The zero-order valence-electron chi connectivity index (χ0n) is 14.7. The van der Waals surface area contributed by atoms with E-state index in [1.807, 2.05) is 30.3 Å². The maximum Gasteiger partial charge on any atom is 0.433 e. The van der Waals surface area contributed by atoms with Crippen LogP contribution in [0.15, 0.2) is 60.7 Å². The van der Waals surface area contributed by atoms with Gasteiger partial charge in [0.05, 0.1) is 11.6 Å². The number of pyridine rings is 1. The molecule has 4 rings (SSSR count). The molecule has 3 aromatic rings. The molecule has 28 heavy (non-hydrogen) atoms. The molecule has 0 radical (unpaired) electrons.